The lowest BCUT2D eigenvalue weighted by Crippen LogP contribution is -2.30. The molecule has 1 rings (SSSR count). The van der Waals surface area contributed by atoms with Crippen molar-refractivity contribution in [3.63, 3.8) is 0 Å². The van der Waals surface area contributed by atoms with Gasteiger partial charge in [-0.2, -0.15) is 13.2 Å². The molecular weight excluding hydrogens is 259 g/mol. The van der Waals surface area contributed by atoms with Gasteiger partial charge in [-0.15, -0.1) is 0 Å². The van der Waals surface area contributed by atoms with Gasteiger partial charge in [0.15, 0.2) is 0 Å². The van der Waals surface area contributed by atoms with Crippen LogP contribution in [0.1, 0.15) is 23.6 Å². The number of alkyl halides is 3. The summed E-state index contributed by atoms with van der Waals surface area (Å²) in [5, 5.41) is 8.71. The summed E-state index contributed by atoms with van der Waals surface area (Å²) in [7, 11) is 0. The maximum atomic E-state index is 13.0. The molecule has 106 valence electrons. The first-order valence-electron chi connectivity index (χ1n) is 5.85. The van der Waals surface area contributed by atoms with Crippen LogP contribution in [0.3, 0.4) is 0 Å². The molecule has 0 atom stereocenters. The van der Waals surface area contributed by atoms with Crippen LogP contribution in [0.25, 0.3) is 0 Å². The number of aliphatic carboxylic acids is 1. The van der Waals surface area contributed by atoms with Gasteiger partial charge in [-0.1, -0.05) is 25.1 Å². The molecule has 1 aromatic rings. The van der Waals surface area contributed by atoms with E-state index in [2.05, 4.69) is 0 Å². The van der Waals surface area contributed by atoms with Crippen molar-refractivity contribution in [2.75, 3.05) is 13.1 Å². The zero-order valence-corrected chi connectivity index (χ0v) is 10.8. The average molecular weight is 275 g/mol. The van der Waals surface area contributed by atoms with Crippen LogP contribution in [-0.4, -0.2) is 29.1 Å². The van der Waals surface area contributed by atoms with E-state index in [1.807, 2.05) is 0 Å². The molecule has 0 unspecified atom stereocenters. The summed E-state index contributed by atoms with van der Waals surface area (Å²) in [6.07, 6.45) is -4.43. The molecule has 0 heterocycles. The van der Waals surface area contributed by atoms with E-state index in [4.69, 9.17) is 5.11 Å². The first-order chi connectivity index (χ1) is 8.75. The molecule has 1 aromatic carbocycles. The van der Waals surface area contributed by atoms with Gasteiger partial charge in [0, 0.05) is 6.54 Å². The van der Waals surface area contributed by atoms with Gasteiger partial charge in [0.1, 0.15) is 0 Å². The van der Waals surface area contributed by atoms with Gasteiger partial charge < -0.3 is 5.11 Å². The summed E-state index contributed by atoms with van der Waals surface area (Å²) in [5.74, 6) is -1.05. The standard InChI is InChI=1S/C13H16F3NO2/c1-3-17(8-11(18)19)7-10-6-4-5-9(2)12(10)13(14,15)16/h4-6H,3,7-8H2,1-2H3,(H,18,19). The smallest absolute Gasteiger partial charge is 0.416 e. The zero-order valence-electron chi connectivity index (χ0n) is 10.8. The topological polar surface area (TPSA) is 40.5 Å². The fraction of sp³-hybridized carbons (Fsp3) is 0.462. The third-order valence-electron chi connectivity index (χ3n) is 2.84. The summed E-state index contributed by atoms with van der Waals surface area (Å²) >= 11 is 0. The van der Waals surface area contributed by atoms with E-state index in [1.165, 1.54) is 24.0 Å². The van der Waals surface area contributed by atoms with Crippen molar-refractivity contribution in [3.8, 4) is 0 Å². The van der Waals surface area contributed by atoms with Crippen molar-refractivity contribution in [1.82, 2.24) is 4.90 Å². The summed E-state index contributed by atoms with van der Waals surface area (Å²) in [6, 6.07) is 4.34. The maximum absolute atomic E-state index is 13.0. The highest BCUT2D eigenvalue weighted by Crippen LogP contribution is 2.34. The minimum absolute atomic E-state index is 0.0284. The van der Waals surface area contributed by atoms with Gasteiger partial charge in [-0.3, -0.25) is 9.69 Å². The highest BCUT2D eigenvalue weighted by atomic mass is 19.4. The number of hydrogen-bond donors (Lipinski definition) is 1. The van der Waals surface area contributed by atoms with Crippen LogP contribution in [-0.2, 0) is 17.5 Å². The van der Waals surface area contributed by atoms with Crippen molar-refractivity contribution in [2.45, 2.75) is 26.6 Å². The number of carboxylic acid groups (broad SMARTS) is 1. The lowest BCUT2D eigenvalue weighted by Gasteiger charge is -2.22. The third-order valence-corrected chi connectivity index (χ3v) is 2.84. The number of carboxylic acids is 1. The molecule has 0 fully saturated rings. The lowest BCUT2D eigenvalue weighted by molar-refractivity contribution is -0.139. The van der Waals surface area contributed by atoms with E-state index >= 15 is 0 Å². The Morgan fingerprint density at radius 1 is 1.37 bits per heavy atom. The highest BCUT2D eigenvalue weighted by Gasteiger charge is 2.35. The number of hydrogen-bond acceptors (Lipinski definition) is 2. The predicted octanol–water partition coefficient (Wildman–Crippen LogP) is 2.92. The molecule has 0 saturated carbocycles. The van der Waals surface area contributed by atoms with Gasteiger partial charge in [0.2, 0.25) is 0 Å². The van der Waals surface area contributed by atoms with Crippen LogP contribution in [0.2, 0.25) is 0 Å². The van der Waals surface area contributed by atoms with Crippen molar-refractivity contribution in [3.05, 3.63) is 34.9 Å². The predicted molar refractivity (Wildman–Crippen MR) is 64.8 cm³/mol. The van der Waals surface area contributed by atoms with Crippen molar-refractivity contribution in [2.24, 2.45) is 0 Å². The van der Waals surface area contributed by atoms with Crippen molar-refractivity contribution >= 4 is 5.97 Å². The van der Waals surface area contributed by atoms with E-state index in [0.717, 1.165) is 0 Å². The molecule has 1 N–H and O–H groups in total. The third kappa shape index (κ3) is 4.24. The van der Waals surface area contributed by atoms with Gasteiger partial charge in [0.05, 0.1) is 12.1 Å². The van der Waals surface area contributed by atoms with Gasteiger partial charge in [-0.05, 0) is 24.6 Å². The number of benzene rings is 1. The van der Waals surface area contributed by atoms with Crippen molar-refractivity contribution < 1.29 is 23.1 Å². The Morgan fingerprint density at radius 2 is 2.00 bits per heavy atom. The Balaban J connectivity index is 3.07. The van der Waals surface area contributed by atoms with Crippen LogP contribution in [0.5, 0.6) is 0 Å². The monoisotopic (exact) mass is 275 g/mol. The van der Waals surface area contributed by atoms with Crippen LogP contribution >= 0.6 is 0 Å². The summed E-state index contributed by atoms with van der Waals surface area (Å²) in [5.41, 5.74) is -0.411. The highest BCUT2D eigenvalue weighted by molar-refractivity contribution is 5.69. The minimum Gasteiger partial charge on any atom is -0.480 e. The quantitative estimate of drug-likeness (QED) is 0.898. The van der Waals surface area contributed by atoms with E-state index < -0.39 is 17.7 Å². The van der Waals surface area contributed by atoms with Crippen LogP contribution < -0.4 is 0 Å². The molecular formula is C13H16F3NO2. The molecule has 19 heavy (non-hydrogen) atoms. The number of carbonyl (C=O) groups is 1. The number of halogens is 3. The average Bonchev–Trinajstić information content (AvgIpc) is 2.25. The SMILES string of the molecule is CCN(CC(=O)O)Cc1cccc(C)c1C(F)(F)F. The van der Waals surface area contributed by atoms with E-state index in [-0.39, 0.29) is 24.2 Å². The Kier molecular flexibility index (Phi) is 4.94. The van der Waals surface area contributed by atoms with Gasteiger partial charge in [-0.25, -0.2) is 0 Å². The molecule has 0 aliphatic carbocycles. The number of rotatable bonds is 5. The number of aryl methyl sites for hydroxylation is 1. The Morgan fingerprint density at radius 3 is 2.47 bits per heavy atom. The van der Waals surface area contributed by atoms with Gasteiger partial charge >= 0.3 is 12.1 Å². The zero-order chi connectivity index (χ0) is 14.6. The molecule has 0 bridgehead atoms. The largest absolute Gasteiger partial charge is 0.480 e. The first kappa shape index (κ1) is 15.5. The molecule has 0 aliphatic heterocycles. The number of nitrogens with zero attached hydrogens (tertiary/aromatic N) is 1. The molecule has 3 nitrogen and oxygen atoms in total. The molecule has 0 amide bonds. The molecule has 0 aliphatic rings. The fourth-order valence-corrected chi connectivity index (χ4v) is 1.98. The number of likely N-dealkylation sites (N-methyl/N-ethyl adjacent to an activating group) is 1. The van der Waals surface area contributed by atoms with Crippen LogP contribution in [0, 0.1) is 6.92 Å². The molecule has 0 aromatic heterocycles. The van der Waals surface area contributed by atoms with Crippen LogP contribution in [0.4, 0.5) is 13.2 Å². The summed E-state index contributed by atoms with van der Waals surface area (Å²) < 4.78 is 39.0. The fourth-order valence-electron chi connectivity index (χ4n) is 1.98. The first-order valence-corrected chi connectivity index (χ1v) is 5.85. The summed E-state index contributed by atoms with van der Waals surface area (Å²) in [4.78, 5) is 12.1. The van der Waals surface area contributed by atoms with Crippen LogP contribution in [0.15, 0.2) is 18.2 Å². The van der Waals surface area contributed by atoms with Crippen molar-refractivity contribution in [1.29, 1.82) is 0 Å². The molecule has 6 heteroatoms. The second-order valence-electron chi connectivity index (χ2n) is 4.30. The van der Waals surface area contributed by atoms with E-state index in [9.17, 15) is 18.0 Å². The second kappa shape index (κ2) is 6.06. The Hall–Kier alpha value is -1.56. The second-order valence-corrected chi connectivity index (χ2v) is 4.30. The molecule has 0 saturated heterocycles. The van der Waals surface area contributed by atoms with Gasteiger partial charge in [0.25, 0.3) is 0 Å². The molecule has 0 spiro atoms. The summed E-state index contributed by atoms with van der Waals surface area (Å²) in [6.45, 7) is 3.18. The lowest BCUT2D eigenvalue weighted by atomic mass is 10.0. The van der Waals surface area contributed by atoms with E-state index in [0.29, 0.717) is 6.54 Å². The normalized spacial score (nSPS) is 11.9. The van der Waals surface area contributed by atoms with E-state index in [1.54, 1.807) is 13.0 Å². The Bertz CT molecular complexity index is 458. The Labute approximate surface area is 109 Å². The minimum atomic E-state index is -4.43. The maximum Gasteiger partial charge on any atom is 0.416 e. The molecule has 0 radical (unpaired) electrons.